The van der Waals surface area contributed by atoms with E-state index in [0.29, 0.717) is 18.5 Å². The molecule has 1 aromatic rings. The number of fused-ring (bicyclic) bond motifs is 1. The van der Waals surface area contributed by atoms with Gasteiger partial charge in [-0.2, -0.15) is 4.31 Å². The molecule has 1 aliphatic carbocycles. The molecule has 0 bridgehead atoms. The molecule has 10 heteroatoms. The van der Waals surface area contributed by atoms with Gasteiger partial charge in [0.15, 0.2) is 0 Å². The van der Waals surface area contributed by atoms with Crippen LogP contribution in [0.5, 0.6) is 0 Å². The van der Waals surface area contributed by atoms with Crippen molar-refractivity contribution in [3.8, 4) is 0 Å². The average molecular weight is 483 g/mol. The summed E-state index contributed by atoms with van der Waals surface area (Å²) in [5.41, 5.74) is 2.25. The van der Waals surface area contributed by atoms with Crippen molar-refractivity contribution < 1.29 is 22.7 Å². The molecule has 1 saturated heterocycles. The van der Waals surface area contributed by atoms with E-state index in [1.165, 1.54) is 16.6 Å². The van der Waals surface area contributed by atoms with E-state index >= 15 is 0 Å². The first-order valence-corrected chi connectivity index (χ1v) is 13.7. The minimum absolute atomic E-state index is 0.0511. The van der Waals surface area contributed by atoms with Crippen LogP contribution in [0, 0.1) is 12.7 Å². The Hall–Kier alpha value is -1.75. The van der Waals surface area contributed by atoms with Crippen molar-refractivity contribution in [1.29, 1.82) is 0 Å². The van der Waals surface area contributed by atoms with Crippen molar-refractivity contribution in [3.05, 3.63) is 29.1 Å². The molecule has 2 unspecified atom stereocenters. The Morgan fingerprint density at radius 3 is 2.82 bits per heavy atom. The molecule has 2 heterocycles. The SMILES string of the molecule is Cc1ccc(F)c2c1NC(C(=O)N[C@@H]1CCC[C@@H](N3CCC(N(CCO)S(C)(=O)=O)C3)C1)C2. The van der Waals surface area contributed by atoms with Crippen LogP contribution in [-0.4, -0.2) is 85.3 Å². The number of carbonyl (C=O) groups excluding carboxylic acids is 1. The van der Waals surface area contributed by atoms with E-state index in [-0.39, 0.29) is 43.0 Å². The zero-order valence-electron chi connectivity index (χ0n) is 19.4. The highest BCUT2D eigenvalue weighted by Gasteiger charge is 2.38. The van der Waals surface area contributed by atoms with E-state index in [9.17, 15) is 22.7 Å². The Balaban J connectivity index is 1.33. The number of amides is 1. The molecule has 2 aliphatic heterocycles. The molecule has 2 fully saturated rings. The molecular weight excluding hydrogens is 447 g/mol. The normalized spacial score (nSPS) is 28.0. The van der Waals surface area contributed by atoms with Crippen LogP contribution in [0.3, 0.4) is 0 Å². The molecule has 1 amide bonds. The average Bonchev–Trinajstić information content (AvgIpc) is 3.42. The van der Waals surface area contributed by atoms with Crippen LogP contribution in [0.1, 0.15) is 43.2 Å². The maximum Gasteiger partial charge on any atom is 0.243 e. The number of likely N-dealkylation sites (tertiary alicyclic amines) is 1. The lowest BCUT2D eigenvalue weighted by atomic mass is 9.89. The van der Waals surface area contributed by atoms with Gasteiger partial charge in [-0.05, 0) is 50.7 Å². The van der Waals surface area contributed by atoms with Gasteiger partial charge in [0, 0.05) is 55.4 Å². The summed E-state index contributed by atoms with van der Waals surface area (Å²) in [5, 5.41) is 15.7. The molecule has 33 heavy (non-hydrogen) atoms. The maximum atomic E-state index is 14.2. The van der Waals surface area contributed by atoms with E-state index in [0.717, 1.165) is 49.9 Å². The number of nitrogens with zero attached hydrogens (tertiary/aromatic N) is 2. The number of carbonyl (C=O) groups is 1. The van der Waals surface area contributed by atoms with Crippen molar-refractivity contribution in [1.82, 2.24) is 14.5 Å². The highest BCUT2D eigenvalue weighted by Crippen LogP contribution is 2.32. The largest absolute Gasteiger partial charge is 0.395 e. The van der Waals surface area contributed by atoms with Crippen molar-refractivity contribution >= 4 is 21.6 Å². The molecule has 0 aromatic heterocycles. The van der Waals surface area contributed by atoms with Gasteiger partial charge >= 0.3 is 0 Å². The first-order valence-electron chi connectivity index (χ1n) is 11.8. The zero-order chi connectivity index (χ0) is 23.8. The minimum Gasteiger partial charge on any atom is -0.395 e. The van der Waals surface area contributed by atoms with Gasteiger partial charge in [-0.25, -0.2) is 12.8 Å². The third-order valence-corrected chi connectivity index (χ3v) is 8.70. The lowest BCUT2D eigenvalue weighted by molar-refractivity contribution is -0.122. The number of sulfonamides is 1. The second-order valence-corrected chi connectivity index (χ2v) is 11.6. The van der Waals surface area contributed by atoms with Gasteiger partial charge in [-0.1, -0.05) is 6.07 Å². The predicted molar refractivity (Wildman–Crippen MR) is 125 cm³/mol. The van der Waals surface area contributed by atoms with Crippen LogP contribution >= 0.6 is 0 Å². The molecule has 4 rings (SSSR count). The molecule has 0 radical (unpaired) electrons. The second kappa shape index (κ2) is 9.85. The zero-order valence-corrected chi connectivity index (χ0v) is 20.2. The number of halogens is 1. The monoisotopic (exact) mass is 482 g/mol. The Labute approximate surface area is 195 Å². The van der Waals surface area contributed by atoms with Gasteiger partial charge in [0.1, 0.15) is 11.9 Å². The molecule has 1 aromatic carbocycles. The van der Waals surface area contributed by atoms with Gasteiger partial charge in [0.25, 0.3) is 0 Å². The van der Waals surface area contributed by atoms with E-state index in [1.54, 1.807) is 6.07 Å². The Bertz CT molecular complexity index is 958. The van der Waals surface area contributed by atoms with Crippen LogP contribution in [0.2, 0.25) is 0 Å². The summed E-state index contributed by atoms with van der Waals surface area (Å²) in [6.07, 6.45) is 6.04. The molecule has 4 atom stereocenters. The summed E-state index contributed by atoms with van der Waals surface area (Å²) in [4.78, 5) is 15.3. The van der Waals surface area contributed by atoms with E-state index in [4.69, 9.17) is 0 Å². The van der Waals surface area contributed by atoms with Crippen LogP contribution in [0.4, 0.5) is 10.1 Å². The maximum absolute atomic E-state index is 14.2. The summed E-state index contributed by atoms with van der Waals surface area (Å²) < 4.78 is 39.9. The molecule has 1 saturated carbocycles. The van der Waals surface area contributed by atoms with Gasteiger partial charge in [-0.3, -0.25) is 9.69 Å². The predicted octanol–water partition coefficient (Wildman–Crippen LogP) is 1.23. The lowest BCUT2D eigenvalue weighted by Gasteiger charge is -2.36. The standard InChI is InChI=1S/C23H35FN4O4S/c1-15-6-7-20(24)19-13-21(26-22(15)19)23(30)25-16-4-3-5-17(12-16)27-9-8-18(14-27)28(10-11-29)33(2,31)32/h6-7,16-18,21,26,29H,3-5,8-14H2,1-2H3,(H,25,30)/t16-,17-,18?,21?/m1/s1. The molecule has 184 valence electrons. The van der Waals surface area contributed by atoms with Gasteiger partial charge in [0.2, 0.25) is 15.9 Å². The van der Waals surface area contributed by atoms with Crippen LogP contribution in [0.15, 0.2) is 12.1 Å². The first-order chi connectivity index (χ1) is 15.7. The Morgan fingerprint density at radius 2 is 2.12 bits per heavy atom. The minimum atomic E-state index is -3.37. The fourth-order valence-electron chi connectivity index (χ4n) is 5.71. The number of nitrogens with one attached hydrogen (secondary N) is 2. The highest BCUT2D eigenvalue weighted by molar-refractivity contribution is 7.88. The number of anilines is 1. The molecular formula is C23H35FN4O4S. The van der Waals surface area contributed by atoms with Gasteiger partial charge < -0.3 is 15.7 Å². The molecule has 3 aliphatic rings. The number of aryl methyl sites for hydroxylation is 1. The second-order valence-electron chi connectivity index (χ2n) is 9.68. The van der Waals surface area contributed by atoms with E-state index < -0.39 is 16.1 Å². The van der Waals surface area contributed by atoms with Crippen molar-refractivity contribution in [2.45, 2.75) is 69.6 Å². The summed E-state index contributed by atoms with van der Waals surface area (Å²) in [5.74, 6) is -0.370. The van der Waals surface area contributed by atoms with Crippen LogP contribution in [0.25, 0.3) is 0 Å². The summed E-state index contributed by atoms with van der Waals surface area (Å²) >= 11 is 0. The van der Waals surface area contributed by atoms with Crippen LogP contribution in [-0.2, 0) is 21.2 Å². The topological polar surface area (TPSA) is 102 Å². The van der Waals surface area contributed by atoms with Crippen LogP contribution < -0.4 is 10.6 Å². The van der Waals surface area contributed by atoms with Crippen molar-refractivity contribution in [3.63, 3.8) is 0 Å². The fraction of sp³-hybridized carbons (Fsp3) is 0.696. The smallest absolute Gasteiger partial charge is 0.243 e. The lowest BCUT2D eigenvalue weighted by Crippen LogP contribution is -2.49. The third-order valence-electron chi connectivity index (χ3n) is 7.37. The number of hydrogen-bond donors (Lipinski definition) is 3. The summed E-state index contributed by atoms with van der Waals surface area (Å²) in [7, 11) is -3.37. The molecule has 3 N–H and O–H groups in total. The Morgan fingerprint density at radius 1 is 1.33 bits per heavy atom. The first kappa shape index (κ1) is 24.4. The summed E-state index contributed by atoms with van der Waals surface area (Å²) in [6, 6.07) is 2.93. The quantitative estimate of drug-likeness (QED) is 0.540. The summed E-state index contributed by atoms with van der Waals surface area (Å²) in [6.45, 7) is 3.30. The number of hydrogen-bond acceptors (Lipinski definition) is 6. The van der Waals surface area contributed by atoms with Gasteiger partial charge in [-0.15, -0.1) is 0 Å². The van der Waals surface area contributed by atoms with Crippen molar-refractivity contribution in [2.75, 3.05) is 37.8 Å². The number of aliphatic hydroxyl groups excluding tert-OH is 1. The highest BCUT2D eigenvalue weighted by atomic mass is 32.2. The van der Waals surface area contributed by atoms with Crippen molar-refractivity contribution in [2.24, 2.45) is 0 Å². The Kier molecular flexibility index (Phi) is 7.28. The number of benzene rings is 1. The van der Waals surface area contributed by atoms with E-state index in [1.807, 2.05) is 6.92 Å². The molecule has 8 nitrogen and oxygen atoms in total. The number of aliphatic hydroxyl groups is 1. The van der Waals surface area contributed by atoms with E-state index in [2.05, 4.69) is 15.5 Å². The number of rotatable bonds is 7. The molecule has 0 spiro atoms. The third kappa shape index (κ3) is 5.34. The van der Waals surface area contributed by atoms with Gasteiger partial charge in [0.05, 0.1) is 12.9 Å². The fourth-order valence-corrected chi connectivity index (χ4v) is 6.84.